The van der Waals surface area contributed by atoms with Crippen molar-refractivity contribution >= 4 is 17.8 Å². The molecule has 0 fully saturated rings. The number of rotatable bonds is 9. The molecule has 0 aliphatic carbocycles. The Morgan fingerprint density at radius 2 is 1.54 bits per heavy atom. The first-order valence-electron chi connectivity index (χ1n) is 8.03. The first kappa shape index (κ1) is 19.1. The van der Waals surface area contributed by atoms with Crippen molar-refractivity contribution in [3.05, 3.63) is 12.1 Å². The first-order valence-corrected chi connectivity index (χ1v) is 8.03. The minimum absolute atomic E-state index is 0.0615. The number of primary amides is 1. The molecule has 11 nitrogen and oxygen atoms in total. The fourth-order valence-electron chi connectivity index (χ4n) is 1.73. The zero-order valence-corrected chi connectivity index (χ0v) is 15.1. The van der Waals surface area contributed by atoms with Gasteiger partial charge in [0, 0.05) is 24.2 Å². The van der Waals surface area contributed by atoms with Gasteiger partial charge in [-0.3, -0.25) is 4.79 Å². The second-order valence-corrected chi connectivity index (χ2v) is 5.93. The van der Waals surface area contributed by atoms with Gasteiger partial charge < -0.3 is 25.8 Å². The Bertz CT molecular complexity index is 708. The summed E-state index contributed by atoms with van der Waals surface area (Å²) >= 11 is 0. The highest BCUT2D eigenvalue weighted by atomic mass is 16.5. The lowest BCUT2D eigenvalue weighted by Crippen LogP contribution is -2.20. The lowest BCUT2D eigenvalue weighted by Gasteiger charge is -2.13. The molecule has 0 radical (unpaired) electrons. The van der Waals surface area contributed by atoms with Crippen LogP contribution in [0.1, 0.15) is 27.7 Å². The number of nitrogens with one attached hydrogen (secondary N) is 2. The summed E-state index contributed by atoms with van der Waals surface area (Å²) < 4.78 is 10.6. The van der Waals surface area contributed by atoms with E-state index in [-0.39, 0.29) is 36.5 Å². The monoisotopic (exact) mass is 362 g/mol. The van der Waals surface area contributed by atoms with Gasteiger partial charge in [0.05, 0.1) is 0 Å². The second kappa shape index (κ2) is 8.74. The third-order valence-corrected chi connectivity index (χ3v) is 2.62. The lowest BCUT2D eigenvalue weighted by molar-refractivity contribution is -0.120. The molecule has 26 heavy (non-hydrogen) atoms. The fourth-order valence-corrected chi connectivity index (χ4v) is 1.73. The molecular formula is C15H22N8O3. The van der Waals surface area contributed by atoms with Crippen LogP contribution in [-0.2, 0) is 4.79 Å². The van der Waals surface area contributed by atoms with E-state index in [1.165, 1.54) is 12.1 Å². The number of carbonyl (C=O) groups excluding carboxylic acids is 1. The maximum Gasteiger partial charge on any atom is 0.330 e. The predicted molar refractivity (Wildman–Crippen MR) is 94.1 cm³/mol. The van der Waals surface area contributed by atoms with E-state index in [1.807, 2.05) is 27.7 Å². The van der Waals surface area contributed by atoms with E-state index < -0.39 is 5.91 Å². The number of nitrogens with two attached hydrogens (primary N) is 1. The average molecular weight is 362 g/mol. The number of ether oxygens (including phenoxy) is 2. The maximum atomic E-state index is 10.7. The van der Waals surface area contributed by atoms with Gasteiger partial charge in [-0.05, 0) is 27.7 Å². The molecule has 140 valence electrons. The number of amides is 1. The molecule has 0 atom stereocenters. The number of aromatic nitrogens is 5. The summed E-state index contributed by atoms with van der Waals surface area (Å²) in [7, 11) is 0. The summed E-state index contributed by atoms with van der Waals surface area (Å²) in [6.07, 6.45) is 0. The van der Waals surface area contributed by atoms with Crippen molar-refractivity contribution in [2.24, 2.45) is 5.73 Å². The van der Waals surface area contributed by atoms with Gasteiger partial charge in [0.15, 0.2) is 6.61 Å². The van der Waals surface area contributed by atoms with Crippen LogP contribution >= 0.6 is 0 Å². The molecule has 2 aromatic heterocycles. The van der Waals surface area contributed by atoms with Crippen LogP contribution in [0.2, 0.25) is 0 Å². The van der Waals surface area contributed by atoms with Crippen LogP contribution in [0, 0.1) is 0 Å². The van der Waals surface area contributed by atoms with Crippen molar-refractivity contribution in [2.75, 3.05) is 17.2 Å². The first-order chi connectivity index (χ1) is 12.3. The highest BCUT2D eigenvalue weighted by Crippen LogP contribution is 2.19. The van der Waals surface area contributed by atoms with Gasteiger partial charge >= 0.3 is 6.01 Å². The molecule has 0 saturated carbocycles. The second-order valence-electron chi connectivity index (χ2n) is 5.93. The van der Waals surface area contributed by atoms with Crippen LogP contribution < -0.4 is 25.8 Å². The Morgan fingerprint density at radius 1 is 1.00 bits per heavy atom. The van der Waals surface area contributed by atoms with E-state index in [2.05, 4.69) is 35.8 Å². The third-order valence-electron chi connectivity index (χ3n) is 2.62. The van der Waals surface area contributed by atoms with Crippen LogP contribution in [-0.4, -0.2) is 49.7 Å². The molecule has 2 heterocycles. The molecule has 4 N–H and O–H groups in total. The highest BCUT2D eigenvalue weighted by molar-refractivity contribution is 5.75. The molecule has 0 bridgehead atoms. The molecular weight excluding hydrogens is 340 g/mol. The largest absolute Gasteiger partial charge is 0.466 e. The van der Waals surface area contributed by atoms with E-state index in [1.54, 1.807) is 0 Å². The highest BCUT2D eigenvalue weighted by Gasteiger charge is 2.11. The SMILES string of the molecule is CC(C)Nc1nc(NC(C)C)nc(Oc2ccc(OCC(N)=O)nn2)n1. The van der Waals surface area contributed by atoms with Gasteiger partial charge in [-0.25, -0.2) is 0 Å². The fraction of sp³-hybridized carbons (Fsp3) is 0.467. The molecule has 11 heteroatoms. The molecule has 0 unspecified atom stereocenters. The van der Waals surface area contributed by atoms with E-state index in [0.29, 0.717) is 11.9 Å². The van der Waals surface area contributed by atoms with Crippen molar-refractivity contribution in [3.63, 3.8) is 0 Å². The predicted octanol–water partition coefficient (Wildman–Crippen LogP) is 0.959. The third kappa shape index (κ3) is 6.34. The molecule has 2 aromatic rings. The Kier molecular flexibility index (Phi) is 6.42. The summed E-state index contributed by atoms with van der Waals surface area (Å²) in [6, 6.07) is 3.34. The molecule has 0 aliphatic heterocycles. The average Bonchev–Trinajstić information content (AvgIpc) is 2.52. The number of carbonyl (C=O) groups is 1. The quantitative estimate of drug-likeness (QED) is 0.588. The van der Waals surface area contributed by atoms with Gasteiger partial charge in [-0.2, -0.15) is 15.0 Å². The smallest absolute Gasteiger partial charge is 0.330 e. The van der Waals surface area contributed by atoms with Crippen LogP contribution in [0.3, 0.4) is 0 Å². The summed E-state index contributed by atoms with van der Waals surface area (Å²) in [6.45, 7) is 7.59. The molecule has 2 rings (SSSR count). The summed E-state index contributed by atoms with van der Waals surface area (Å²) in [5.74, 6) is 0.461. The van der Waals surface area contributed by atoms with Crippen molar-refractivity contribution in [2.45, 2.75) is 39.8 Å². The van der Waals surface area contributed by atoms with Crippen LogP contribution in [0.25, 0.3) is 0 Å². The van der Waals surface area contributed by atoms with Gasteiger partial charge in [0.25, 0.3) is 5.91 Å². The normalized spacial score (nSPS) is 10.7. The minimum Gasteiger partial charge on any atom is -0.466 e. The number of nitrogens with zero attached hydrogens (tertiary/aromatic N) is 5. The van der Waals surface area contributed by atoms with Crippen LogP contribution in [0.5, 0.6) is 17.8 Å². The number of anilines is 2. The Morgan fingerprint density at radius 3 is 2.00 bits per heavy atom. The minimum atomic E-state index is -0.604. The molecule has 1 amide bonds. The van der Waals surface area contributed by atoms with Gasteiger partial charge in [0.2, 0.25) is 23.7 Å². The van der Waals surface area contributed by atoms with E-state index >= 15 is 0 Å². The van der Waals surface area contributed by atoms with Gasteiger partial charge in [-0.1, -0.05) is 0 Å². The Balaban J connectivity index is 2.14. The zero-order valence-electron chi connectivity index (χ0n) is 15.1. The summed E-state index contributed by atoms with van der Waals surface area (Å²) in [5, 5.41) is 13.8. The van der Waals surface area contributed by atoms with Gasteiger partial charge in [0.1, 0.15) is 0 Å². The van der Waals surface area contributed by atoms with Crippen molar-refractivity contribution in [1.29, 1.82) is 0 Å². The van der Waals surface area contributed by atoms with Crippen molar-refractivity contribution in [3.8, 4) is 17.8 Å². The van der Waals surface area contributed by atoms with Crippen LogP contribution in [0.15, 0.2) is 12.1 Å². The maximum absolute atomic E-state index is 10.7. The lowest BCUT2D eigenvalue weighted by atomic mass is 10.4. The van der Waals surface area contributed by atoms with Gasteiger partial charge in [-0.15, -0.1) is 10.2 Å². The molecule has 0 saturated heterocycles. The zero-order chi connectivity index (χ0) is 19.1. The molecule has 0 aromatic carbocycles. The van der Waals surface area contributed by atoms with Crippen molar-refractivity contribution in [1.82, 2.24) is 25.1 Å². The van der Waals surface area contributed by atoms with Crippen molar-refractivity contribution < 1.29 is 14.3 Å². The Hall–Kier alpha value is -3.24. The van der Waals surface area contributed by atoms with E-state index in [4.69, 9.17) is 15.2 Å². The topological polar surface area (TPSA) is 150 Å². The van der Waals surface area contributed by atoms with Crippen LogP contribution in [0.4, 0.5) is 11.9 Å². The standard InChI is InChI=1S/C15H22N8O3/c1-8(2)17-13-19-14(18-9(3)4)21-15(20-13)26-12-6-5-11(22-23-12)25-7-10(16)24/h5-6,8-9H,7H2,1-4H3,(H2,16,24)(H2,17,18,19,20,21). The Labute approximate surface area is 150 Å². The number of hydrogen-bond donors (Lipinski definition) is 3. The molecule has 0 aliphatic rings. The number of hydrogen-bond acceptors (Lipinski definition) is 10. The summed E-state index contributed by atoms with van der Waals surface area (Å²) in [5.41, 5.74) is 5.00. The van der Waals surface area contributed by atoms with E-state index in [0.717, 1.165) is 0 Å². The summed E-state index contributed by atoms with van der Waals surface area (Å²) in [4.78, 5) is 23.4. The molecule has 0 spiro atoms. The van der Waals surface area contributed by atoms with E-state index in [9.17, 15) is 4.79 Å².